The third-order valence-electron chi connectivity index (χ3n) is 4.48. The van der Waals surface area contributed by atoms with Gasteiger partial charge in [-0.15, -0.1) is 0 Å². The second-order valence-corrected chi connectivity index (χ2v) is 6.93. The second kappa shape index (κ2) is 11.1. The molecule has 0 amide bonds. The predicted molar refractivity (Wildman–Crippen MR) is 113 cm³/mol. The molecule has 0 unspecified atom stereocenters. The molecule has 0 spiro atoms. The van der Waals surface area contributed by atoms with Gasteiger partial charge < -0.3 is 15.0 Å². The maximum absolute atomic E-state index is 13.8. The van der Waals surface area contributed by atoms with Crippen LogP contribution >= 0.6 is 12.2 Å². The number of rotatable bonds is 10. The van der Waals surface area contributed by atoms with Gasteiger partial charge in [-0.1, -0.05) is 19.3 Å². The lowest BCUT2D eigenvalue weighted by atomic mass is 10.1. The molecule has 9 heteroatoms. The van der Waals surface area contributed by atoms with Crippen molar-refractivity contribution in [3.05, 3.63) is 45.2 Å². The molecule has 1 aromatic carbocycles. The predicted octanol–water partition coefficient (Wildman–Crippen LogP) is 3.90. The van der Waals surface area contributed by atoms with Gasteiger partial charge in [0.05, 0.1) is 12.8 Å². The van der Waals surface area contributed by atoms with Crippen molar-refractivity contribution in [1.82, 2.24) is 9.55 Å². The smallest absolute Gasteiger partial charge is 0.252 e. The Labute approximate surface area is 173 Å². The van der Waals surface area contributed by atoms with Crippen molar-refractivity contribution in [3.63, 3.8) is 0 Å². The van der Waals surface area contributed by atoms with Gasteiger partial charge in [0, 0.05) is 24.6 Å². The molecule has 2 rings (SSSR count). The van der Waals surface area contributed by atoms with Crippen molar-refractivity contribution in [2.75, 3.05) is 7.11 Å². The van der Waals surface area contributed by atoms with Crippen LogP contribution in [-0.4, -0.2) is 22.5 Å². The average molecular weight is 418 g/mol. The molecule has 0 fully saturated rings. The molecule has 3 N–H and O–H groups in total. The number of nitrogens with zero attached hydrogens (tertiary/aromatic N) is 3. The SMILES string of the molecule is COc1ccc(F)cc1-c1cc(=O)[nH]c(=S)n1CCCCCCCC(N)=NC#N. The first-order valence-corrected chi connectivity index (χ1v) is 9.76. The molecule has 29 heavy (non-hydrogen) atoms. The summed E-state index contributed by atoms with van der Waals surface area (Å²) in [6.07, 6.45) is 6.93. The zero-order valence-electron chi connectivity index (χ0n) is 16.3. The van der Waals surface area contributed by atoms with Gasteiger partial charge in [0.1, 0.15) is 17.4 Å². The van der Waals surface area contributed by atoms with Gasteiger partial charge in [0.25, 0.3) is 5.56 Å². The molecule has 2 aromatic rings. The highest BCUT2D eigenvalue weighted by molar-refractivity contribution is 7.71. The normalized spacial score (nSPS) is 11.3. The number of hydrogen-bond donors (Lipinski definition) is 2. The van der Waals surface area contributed by atoms with E-state index in [0.717, 1.165) is 32.1 Å². The minimum atomic E-state index is -0.419. The average Bonchev–Trinajstić information content (AvgIpc) is 2.68. The Morgan fingerprint density at radius 2 is 2.03 bits per heavy atom. The highest BCUT2D eigenvalue weighted by atomic mass is 32.1. The van der Waals surface area contributed by atoms with Gasteiger partial charge in [-0.05, 0) is 43.3 Å². The van der Waals surface area contributed by atoms with Gasteiger partial charge in [0.15, 0.2) is 4.77 Å². The van der Waals surface area contributed by atoms with E-state index < -0.39 is 5.82 Å². The number of aliphatic imine (C=N–C) groups is 1. The van der Waals surface area contributed by atoms with Crippen LogP contribution in [-0.2, 0) is 6.54 Å². The van der Waals surface area contributed by atoms with E-state index in [0.29, 0.717) is 40.6 Å². The topological polar surface area (TPSA) is 109 Å². The number of nitrogens with one attached hydrogen (secondary N) is 1. The molecule has 1 heterocycles. The van der Waals surface area contributed by atoms with Crippen LogP contribution in [0, 0.1) is 22.0 Å². The Morgan fingerprint density at radius 1 is 1.31 bits per heavy atom. The fourth-order valence-corrected chi connectivity index (χ4v) is 3.36. The van der Waals surface area contributed by atoms with E-state index in [4.69, 9.17) is 28.0 Å². The Kier molecular flexibility index (Phi) is 8.55. The lowest BCUT2D eigenvalue weighted by Gasteiger charge is -2.16. The first-order chi connectivity index (χ1) is 14.0. The molecular weight excluding hydrogens is 393 g/mol. The lowest BCUT2D eigenvalue weighted by molar-refractivity contribution is 0.414. The Bertz CT molecular complexity index is 1020. The number of methoxy groups -OCH3 is 1. The van der Waals surface area contributed by atoms with Gasteiger partial charge in [-0.3, -0.25) is 9.78 Å². The van der Waals surface area contributed by atoms with Crippen molar-refractivity contribution in [2.45, 2.75) is 45.1 Å². The third-order valence-corrected chi connectivity index (χ3v) is 4.80. The molecule has 154 valence electrons. The lowest BCUT2D eigenvalue weighted by Crippen LogP contribution is -2.15. The van der Waals surface area contributed by atoms with Gasteiger partial charge in [0.2, 0.25) is 6.19 Å². The summed E-state index contributed by atoms with van der Waals surface area (Å²) >= 11 is 5.33. The molecule has 7 nitrogen and oxygen atoms in total. The maximum Gasteiger partial charge on any atom is 0.252 e. The van der Waals surface area contributed by atoms with Crippen molar-refractivity contribution >= 4 is 18.1 Å². The molecule has 0 aliphatic carbocycles. The molecule has 0 saturated heterocycles. The number of amidine groups is 1. The standard InChI is InChI=1S/C20H24FN5O2S/c1-28-17-9-8-14(21)11-15(17)16-12-19(27)25-20(29)26(16)10-6-4-2-3-5-7-18(23)24-13-22/h8-9,11-12H,2-7,10H2,1H3,(H2,23,24)(H,25,27,29). The minimum Gasteiger partial charge on any atom is -0.496 e. The fraction of sp³-hybridized carbons (Fsp3) is 0.400. The van der Waals surface area contributed by atoms with Crippen molar-refractivity contribution in [3.8, 4) is 23.2 Å². The molecule has 0 bridgehead atoms. The highest BCUT2D eigenvalue weighted by Crippen LogP contribution is 2.30. The number of ether oxygens (including phenoxy) is 1. The number of benzene rings is 1. The van der Waals surface area contributed by atoms with Crippen LogP contribution in [0.15, 0.2) is 34.1 Å². The molecule has 0 aliphatic heterocycles. The van der Waals surface area contributed by atoms with Crippen LogP contribution in [0.3, 0.4) is 0 Å². The number of H-pyrrole nitrogens is 1. The van der Waals surface area contributed by atoms with Crippen molar-refractivity contribution in [2.24, 2.45) is 10.7 Å². The summed E-state index contributed by atoms with van der Waals surface area (Å²) in [5.74, 6) is 0.412. The number of nitriles is 1. The van der Waals surface area contributed by atoms with E-state index in [1.54, 1.807) is 10.8 Å². The highest BCUT2D eigenvalue weighted by Gasteiger charge is 2.13. The van der Waals surface area contributed by atoms with Gasteiger partial charge in [-0.25, -0.2) is 4.39 Å². The molecule has 0 aliphatic rings. The van der Waals surface area contributed by atoms with Crippen LogP contribution in [0.2, 0.25) is 0 Å². The van der Waals surface area contributed by atoms with Crippen molar-refractivity contribution < 1.29 is 9.13 Å². The second-order valence-electron chi connectivity index (χ2n) is 6.54. The summed E-state index contributed by atoms with van der Waals surface area (Å²) in [7, 11) is 1.50. The first-order valence-electron chi connectivity index (χ1n) is 9.35. The van der Waals surface area contributed by atoms with Crippen LogP contribution in [0.5, 0.6) is 5.75 Å². The summed E-state index contributed by atoms with van der Waals surface area (Å²) in [6.45, 7) is 0.586. The molecule has 0 saturated carbocycles. The van der Waals surface area contributed by atoms with Crippen LogP contribution in [0.4, 0.5) is 4.39 Å². The monoisotopic (exact) mass is 417 g/mol. The molecule has 0 radical (unpaired) electrons. The van der Waals surface area contributed by atoms with E-state index in [1.165, 1.54) is 31.4 Å². The number of halogens is 1. The summed E-state index contributed by atoms with van der Waals surface area (Å²) < 4.78 is 21.2. The number of nitrogens with two attached hydrogens (primary N) is 1. The minimum absolute atomic E-state index is 0.291. The third kappa shape index (κ3) is 6.54. The molecular formula is C20H24FN5O2S. The largest absolute Gasteiger partial charge is 0.496 e. The quantitative estimate of drug-likeness (QED) is 0.200. The Hall–Kier alpha value is -2.99. The summed E-state index contributed by atoms with van der Waals surface area (Å²) in [6, 6.07) is 5.58. The maximum atomic E-state index is 13.8. The summed E-state index contributed by atoms with van der Waals surface area (Å²) in [5, 5.41) is 8.43. The number of aromatic amines is 1. The van der Waals surface area contributed by atoms with Gasteiger partial charge >= 0.3 is 0 Å². The van der Waals surface area contributed by atoms with Crippen molar-refractivity contribution in [1.29, 1.82) is 5.26 Å². The fourth-order valence-electron chi connectivity index (χ4n) is 3.07. The Morgan fingerprint density at radius 3 is 2.76 bits per heavy atom. The number of aromatic nitrogens is 2. The van der Waals surface area contributed by atoms with E-state index >= 15 is 0 Å². The van der Waals surface area contributed by atoms with Gasteiger partial charge in [-0.2, -0.15) is 10.3 Å². The zero-order valence-corrected chi connectivity index (χ0v) is 17.1. The number of unbranched alkanes of at least 4 members (excludes halogenated alkanes) is 4. The van der Waals surface area contributed by atoms with E-state index in [1.807, 2.05) is 0 Å². The molecule has 1 aromatic heterocycles. The van der Waals surface area contributed by atoms with E-state index in [2.05, 4.69) is 9.98 Å². The van der Waals surface area contributed by atoms with E-state index in [9.17, 15) is 9.18 Å². The van der Waals surface area contributed by atoms with E-state index in [-0.39, 0.29) is 5.56 Å². The summed E-state index contributed by atoms with van der Waals surface area (Å²) in [5.41, 5.74) is 6.25. The molecule has 0 atom stereocenters. The first kappa shape index (κ1) is 22.3. The Balaban J connectivity index is 2.06. The van der Waals surface area contributed by atoms with Crippen LogP contribution in [0.1, 0.15) is 38.5 Å². The number of hydrogen-bond acceptors (Lipinski definition) is 5. The van der Waals surface area contributed by atoms with Crippen LogP contribution < -0.4 is 16.0 Å². The van der Waals surface area contributed by atoms with Crippen LogP contribution in [0.25, 0.3) is 11.3 Å². The zero-order chi connectivity index (χ0) is 21.2. The summed E-state index contributed by atoms with van der Waals surface area (Å²) in [4.78, 5) is 18.1.